The summed E-state index contributed by atoms with van der Waals surface area (Å²) in [6.45, 7) is 5.74. The second kappa shape index (κ2) is 7.23. The van der Waals surface area contributed by atoms with E-state index in [0.717, 1.165) is 17.8 Å². The molecule has 23 heavy (non-hydrogen) atoms. The normalized spacial score (nSPS) is 18.8. The van der Waals surface area contributed by atoms with Gasteiger partial charge >= 0.3 is 0 Å². The van der Waals surface area contributed by atoms with Crippen molar-refractivity contribution < 1.29 is 4.79 Å². The van der Waals surface area contributed by atoms with Gasteiger partial charge in [-0.25, -0.2) is 4.98 Å². The summed E-state index contributed by atoms with van der Waals surface area (Å²) in [7, 11) is 0. The van der Waals surface area contributed by atoms with Gasteiger partial charge in [0, 0.05) is 17.0 Å². The van der Waals surface area contributed by atoms with Crippen LogP contribution in [0.5, 0.6) is 0 Å². The van der Waals surface area contributed by atoms with Crippen LogP contribution in [0.3, 0.4) is 0 Å². The maximum Gasteiger partial charge on any atom is 0.240 e. The first kappa shape index (κ1) is 16.1. The molecule has 1 aromatic carbocycles. The van der Waals surface area contributed by atoms with Crippen LogP contribution >= 0.6 is 11.3 Å². The topological polar surface area (TPSA) is 45.2 Å². The highest BCUT2D eigenvalue weighted by Crippen LogP contribution is 2.25. The van der Waals surface area contributed by atoms with Crippen LogP contribution in [-0.4, -0.2) is 34.9 Å². The predicted octanol–water partition coefficient (Wildman–Crippen LogP) is 3.93. The number of carbonyl (C=O) groups excluding carboxylic acids is 1. The first-order valence-electron chi connectivity index (χ1n) is 8.18. The molecule has 1 aliphatic heterocycles. The summed E-state index contributed by atoms with van der Waals surface area (Å²) in [4.78, 5) is 19.0. The molecule has 3 rings (SSSR count). The number of rotatable bonds is 4. The molecule has 1 atom stereocenters. The van der Waals surface area contributed by atoms with E-state index >= 15 is 0 Å². The summed E-state index contributed by atoms with van der Waals surface area (Å²) >= 11 is 1.48. The highest BCUT2D eigenvalue weighted by atomic mass is 32.1. The average Bonchev–Trinajstić information content (AvgIpc) is 2.98. The number of hydrogen-bond acceptors (Lipinski definition) is 4. The lowest BCUT2D eigenvalue weighted by Crippen LogP contribution is -2.42. The van der Waals surface area contributed by atoms with Gasteiger partial charge in [0.05, 0.1) is 12.2 Å². The number of piperidine rings is 1. The molecule has 1 saturated heterocycles. The highest BCUT2D eigenvalue weighted by Gasteiger charge is 2.20. The zero-order chi connectivity index (χ0) is 16.2. The Morgan fingerprint density at radius 2 is 2.13 bits per heavy atom. The van der Waals surface area contributed by atoms with Gasteiger partial charge in [-0.2, -0.15) is 0 Å². The van der Waals surface area contributed by atoms with Crippen molar-refractivity contribution in [3.63, 3.8) is 0 Å². The lowest BCUT2D eigenvalue weighted by atomic mass is 10.0. The number of carbonyl (C=O) groups is 1. The number of thiazole rings is 1. The molecule has 0 saturated carbocycles. The standard InChI is InChI=1S/C18H23N3OS/c1-13-6-8-15(9-7-13)16-12-23-18(19-16)20-17(22)11-21-10-4-3-5-14(21)2/h6-9,12,14H,3-5,10-11H2,1-2H3,(H,19,20,22)/t14-/m1/s1. The molecular formula is C18H23N3OS. The Balaban J connectivity index is 1.60. The van der Waals surface area contributed by atoms with Crippen molar-refractivity contribution in [1.29, 1.82) is 0 Å². The van der Waals surface area contributed by atoms with Crippen LogP contribution in [0.2, 0.25) is 0 Å². The molecule has 2 aromatic rings. The van der Waals surface area contributed by atoms with Crippen molar-refractivity contribution in [2.45, 2.75) is 39.2 Å². The van der Waals surface area contributed by atoms with E-state index in [1.165, 1.54) is 36.2 Å². The summed E-state index contributed by atoms with van der Waals surface area (Å²) in [6.07, 6.45) is 3.64. The molecule has 0 unspecified atom stereocenters. The Kier molecular flexibility index (Phi) is 5.08. The third-order valence-electron chi connectivity index (χ3n) is 4.39. The summed E-state index contributed by atoms with van der Waals surface area (Å²) in [6, 6.07) is 8.76. The molecule has 0 aliphatic carbocycles. The van der Waals surface area contributed by atoms with Crippen molar-refractivity contribution in [1.82, 2.24) is 9.88 Å². The van der Waals surface area contributed by atoms with E-state index in [4.69, 9.17) is 0 Å². The van der Waals surface area contributed by atoms with Gasteiger partial charge in [-0.3, -0.25) is 9.69 Å². The summed E-state index contributed by atoms with van der Waals surface area (Å²) < 4.78 is 0. The average molecular weight is 329 g/mol. The molecule has 122 valence electrons. The third-order valence-corrected chi connectivity index (χ3v) is 5.14. The SMILES string of the molecule is Cc1ccc(-c2csc(NC(=O)CN3CCCC[C@H]3C)n2)cc1. The van der Waals surface area contributed by atoms with Crippen LogP contribution in [0.15, 0.2) is 29.6 Å². The van der Waals surface area contributed by atoms with Crippen LogP contribution in [0, 0.1) is 6.92 Å². The monoisotopic (exact) mass is 329 g/mol. The zero-order valence-electron chi connectivity index (χ0n) is 13.7. The van der Waals surface area contributed by atoms with Gasteiger partial charge in [0.15, 0.2) is 5.13 Å². The minimum atomic E-state index is 0.0311. The lowest BCUT2D eigenvalue weighted by Gasteiger charge is -2.32. The van der Waals surface area contributed by atoms with E-state index in [9.17, 15) is 4.79 Å². The van der Waals surface area contributed by atoms with Crippen molar-refractivity contribution >= 4 is 22.4 Å². The quantitative estimate of drug-likeness (QED) is 0.924. The largest absolute Gasteiger partial charge is 0.301 e. The van der Waals surface area contributed by atoms with E-state index in [-0.39, 0.29) is 5.91 Å². The molecule has 0 radical (unpaired) electrons. The molecule has 2 heterocycles. The number of nitrogens with one attached hydrogen (secondary N) is 1. The maximum absolute atomic E-state index is 12.2. The number of aromatic nitrogens is 1. The second-order valence-electron chi connectivity index (χ2n) is 6.27. The van der Waals surface area contributed by atoms with Gasteiger partial charge in [0.1, 0.15) is 0 Å². The van der Waals surface area contributed by atoms with E-state index in [2.05, 4.69) is 53.3 Å². The van der Waals surface area contributed by atoms with Crippen LogP contribution < -0.4 is 5.32 Å². The van der Waals surface area contributed by atoms with Crippen LogP contribution in [0.4, 0.5) is 5.13 Å². The second-order valence-corrected chi connectivity index (χ2v) is 7.13. The number of likely N-dealkylation sites (tertiary alicyclic amines) is 1. The van der Waals surface area contributed by atoms with Gasteiger partial charge in [-0.1, -0.05) is 36.2 Å². The fraction of sp³-hybridized carbons (Fsp3) is 0.444. The number of nitrogens with zero attached hydrogens (tertiary/aromatic N) is 2. The number of aryl methyl sites for hydroxylation is 1. The van der Waals surface area contributed by atoms with E-state index < -0.39 is 0 Å². The Morgan fingerprint density at radius 1 is 1.35 bits per heavy atom. The fourth-order valence-electron chi connectivity index (χ4n) is 2.92. The van der Waals surface area contributed by atoms with Crippen molar-refractivity contribution in [2.24, 2.45) is 0 Å². The highest BCUT2D eigenvalue weighted by molar-refractivity contribution is 7.14. The Morgan fingerprint density at radius 3 is 2.87 bits per heavy atom. The molecule has 1 fully saturated rings. The fourth-order valence-corrected chi connectivity index (χ4v) is 3.66. The van der Waals surface area contributed by atoms with Gasteiger partial charge in [-0.05, 0) is 33.2 Å². The van der Waals surface area contributed by atoms with Crippen molar-refractivity contribution in [3.05, 3.63) is 35.2 Å². The molecule has 4 nitrogen and oxygen atoms in total. The van der Waals surface area contributed by atoms with Crippen LogP contribution in [0.25, 0.3) is 11.3 Å². The number of anilines is 1. The number of amides is 1. The maximum atomic E-state index is 12.2. The minimum absolute atomic E-state index is 0.0311. The zero-order valence-corrected chi connectivity index (χ0v) is 14.5. The molecule has 0 bridgehead atoms. The smallest absolute Gasteiger partial charge is 0.240 e. The Hall–Kier alpha value is -1.72. The third kappa shape index (κ3) is 4.18. The molecule has 5 heteroatoms. The minimum Gasteiger partial charge on any atom is -0.301 e. The van der Waals surface area contributed by atoms with E-state index in [0.29, 0.717) is 17.7 Å². The van der Waals surface area contributed by atoms with Crippen molar-refractivity contribution in [2.75, 3.05) is 18.4 Å². The van der Waals surface area contributed by atoms with Gasteiger partial charge < -0.3 is 5.32 Å². The Labute approximate surface area is 141 Å². The van der Waals surface area contributed by atoms with Crippen LogP contribution in [0.1, 0.15) is 31.7 Å². The molecule has 1 N–H and O–H groups in total. The molecular weight excluding hydrogens is 306 g/mol. The molecule has 1 amide bonds. The van der Waals surface area contributed by atoms with Gasteiger partial charge in [-0.15, -0.1) is 11.3 Å². The van der Waals surface area contributed by atoms with Crippen LogP contribution in [-0.2, 0) is 4.79 Å². The van der Waals surface area contributed by atoms with Gasteiger partial charge in [0.2, 0.25) is 5.91 Å². The van der Waals surface area contributed by atoms with Gasteiger partial charge in [0.25, 0.3) is 0 Å². The molecule has 0 spiro atoms. The Bertz CT molecular complexity index is 665. The number of hydrogen-bond donors (Lipinski definition) is 1. The summed E-state index contributed by atoms with van der Waals surface area (Å²) in [5, 5.41) is 5.60. The first-order valence-corrected chi connectivity index (χ1v) is 9.06. The van der Waals surface area contributed by atoms with E-state index in [1.807, 2.05) is 5.38 Å². The first-order chi connectivity index (χ1) is 11.1. The predicted molar refractivity (Wildman–Crippen MR) is 95.8 cm³/mol. The van der Waals surface area contributed by atoms with Crippen molar-refractivity contribution in [3.8, 4) is 11.3 Å². The molecule has 1 aromatic heterocycles. The number of benzene rings is 1. The summed E-state index contributed by atoms with van der Waals surface area (Å²) in [5.74, 6) is 0.0311. The molecule has 1 aliphatic rings. The summed E-state index contributed by atoms with van der Waals surface area (Å²) in [5.41, 5.74) is 3.22. The lowest BCUT2D eigenvalue weighted by molar-refractivity contribution is -0.118. The van der Waals surface area contributed by atoms with E-state index in [1.54, 1.807) is 0 Å².